The molecule has 2 amide bonds. The highest BCUT2D eigenvalue weighted by atomic mass is 32.2. The molecule has 0 atom stereocenters. The van der Waals surface area contributed by atoms with E-state index >= 15 is 0 Å². The fourth-order valence-electron chi connectivity index (χ4n) is 2.13. The summed E-state index contributed by atoms with van der Waals surface area (Å²) in [6, 6.07) is 6.95. The van der Waals surface area contributed by atoms with Gasteiger partial charge in [0.1, 0.15) is 0 Å². The number of thiocarbonyl (C=S) groups is 1. The van der Waals surface area contributed by atoms with Crippen LogP contribution in [0, 0.1) is 0 Å². The van der Waals surface area contributed by atoms with Crippen LogP contribution in [0.4, 0.5) is 0 Å². The van der Waals surface area contributed by atoms with Gasteiger partial charge in [0.25, 0.3) is 11.8 Å². The maximum Gasteiger partial charge on any atom is 0.261 e. The number of nitrogens with zero attached hydrogens (tertiary/aromatic N) is 1. The average molecular weight is 323 g/mol. The smallest absolute Gasteiger partial charge is 0.261 e. The molecular weight excluding hydrogens is 306 g/mol. The molecule has 112 valence electrons. The number of fused-ring (bicyclic) bond motifs is 1. The van der Waals surface area contributed by atoms with Crippen LogP contribution in [-0.4, -0.2) is 40.0 Å². The van der Waals surface area contributed by atoms with Gasteiger partial charge in [0.2, 0.25) is 4.38 Å². The molecule has 0 fully saturated rings. The van der Waals surface area contributed by atoms with Crippen LogP contribution in [0.2, 0.25) is 0 Å². The maximum atomic E-state index is 12.1. The molecule has 0 aromatic heterocycles. The summed E-state index contributed by atoms with van der Waals surface area (Å²) in [6.07, 6.45) is 1.65. The zero-order valence-corrected chi connectivity index (χ0v) is 13.5. The van der Waals surface area contributed by atoms with E-state index in [9.17, 15) is 9.59 Å². The Balaban J connectivity index is 1.77. The van der Waals surface area contributed by atoms with Gasteiger partial charge in [0.05, 0.1) is 17.7 Å². The molecule has 2 rings (SSSR count). The molecule has 0 unspecified atom stereocenters. The molecule has 0 radical (unpaired) electrons. The Hall–Kier alpha value is -1.40. The predicted molar refractivity (Wildman–Crippen MR) is 87.7 cm³/mol. The highest BCUT2D eigenvalue weighted by Gasteiger charge is 2.34. The van der Waals surface area contributed by atoms with Crippen molar-refractivity contribution >= 4 is 40.2 Å². The van der Waals surface area contributed by atoms with Crippen molar-refractivity contribution in [3.8, 4) is 0 Å². The van der Waals surface area contributed by atoms with Gasteiger partial charge in [0, 0.05) is 12.3 Å². The average Bonchev–Trinajstić information content (AvgIpc) is 2.72. The second-order valence-electron chi connectivity index (χ2n) is 4.55. The van der Waals surface area contributed by atoms with Gasteiger partial charge in [-0.15, -0.1) is 0 Å². The van der Waals surface area contributed by atoms with E-state index < -0.39 is 0 Å². The Labute approximate surface area is 133 Å². The van der Waals surface area contributed by atoms with E-state index in [1.165, 1.54) is 16.7 Å². The van der Waals surface area contributed by atoms with Gasteiger partial charge >= 0.3 is 0 Å². The van der Waals surface area contributed by atoms with E-state index in [1.54, 1.807) is 24.3 Å². The molecule has 0 spiro atoms. The van der Waals surface area contributed by atoms with Crippen LogP contribution in [0.3, 0.4) is 0 Å². The van der Waals surface area contributed by atoms with Crippen molar-refractivity contribution < 1.29 is 14.3 Å². The van der Waals surface area contributed by atoms with Crippen molar-refractivity contribution in [1.82, 2.24) is 4.90 Å². The van der Waals surface area contributed by atoms with Crippen LogP contribution in [0.15, 0.2) is 24.3 Å². The van der Waals surface area contributed by atoms with E-state index in [0.717, 1.165) is 18.6 Å². The summed E-state index contributed by atoms with van der Waals surface area (Å²) in [5, 5.41) is 0. The lowest BCUT2D eigenvalue weighted by Crippen LogP contribution is -2.30. The van der Waals surface area contributed by atoms with Crippen molar-refractivity contribution in [3.63, 3.8) is 0 Å². The number of thioether (sulfide) groups is 1. The number of imide groups is 1. The van der Waals surface area contributed by atoms with E-state index in [2.05, 4.69) is 0 Å². The second-order valence-corrected chi connectivity index (χ2v) is 6.24. The number of benzene rings is 1. The topological polar surface area (TPSA) is 46.6 Å². The molecule has 0 aliphatic carbocycles. The zero-order chi connectivity index (χ0) is 15.2. The maximum absolute atomic E-state index is 12.1. The summed E-state index contributed by atoms with van der Waals surface area (Å²) >= 11 is 6.51. The SMILES string of the molecule is CCOC(=S)SCCCCN1C(=O)c2ccccc2C1=O. The van der Waals surface area contributed by atoms with Crippen LogP contribution >= 0.6 is 24.0 Å². The quantitative estimate of drug-likeness (QED) is 0.457. The summed E-state index contributed by atoms with van der Waals surface area (Å²) in [5.41, 5.74) is 1.02. The number of ether oxygens (including phenoxy) is 1. The minimum atomic E-state index is -0.187. The van der Waals surface area contributed by atoms with E-state index in [0.29, 0.717) is 28.7 Å². The summed E-state index contributed by atoms with van der Waals surface area (Å²) in [4.78, 5) is 25.6. The third-order valence-corrected chi connectivity index (χ3v) is 4.45. The molecular formula is C15H17NO3S2. The highest BCUT2D eigenvalue weighted by Crippen LogP contribution is 2.22. The van der Waals surface area contributed by atoms with Crippen LogP contribution in [0.25, 0.3) is 0 Å². The molecule has 0 saturated heterocycles. The number of rotatable bonds is 6. The van der Waals surface area contributed by atoms with Crippen LogP contribution < -0.4 is 0 Å². The largest absolute Gasteiger partial charge is 0.479 e. The first-order chi connectivity index (χ1) is 10.1. The van der Waals surface area contributed by atoms with Gasteiger partial charge in [-0.05, 0) is 44.1 Å². The Kier molecular flexibility index (Phi) is 5.76. The molecule has 0 saturated carbocycles. The lowest BCUT2D eigenvalue weighted by molar-refractivity contribution is 0.0652. The van der Waals surface area contributed by atoms with E-state index in [1.807, 2.05) is 6.92 Å². The number of carbonyl (C=O) groups is 2. The van der Waals surface area contributed by atoms with Gasteiger partial charge in [-0.3, -0.25) is 14.5 Å². The summed E-state index contributed by atoms with van der Waals surface area (Å²) < 4.78 is 5.73. The van der Waals surface area contributed by atoms with Crippen molar-refractivity contribution in [2.45, 2.75) is 19.8 Å². The molecule has 6 heteroatoms. The first-order valence-corrected chi connectivity index (χ1v) is 8.29. The lowest BCUT2D eigenvalue weighted by Gasteiger charge is -2.13. The van der Waals surface area contributed by atoms with Gasteiger partial charge in [-0.2, -0.15) is 0 Å². The third-order valence-electron chi connectivity index (χ3n) is 3.14. The minimum absolute atomic E-state index is 0.187. The van der Waals surface area contributed by atoms with Crippen molar-refractivity contribution in [2.24, 2.45) is 0 Å². The minimum Gasteiger partial charge on any atom is -0.479 e. The first-order valence-electron chi connectivity index (χ1n) is 6.90. The Morgan fingerprint density at radius 1 is 1.19 bits per heavy atom. The molecule has 1 heterocycles. The zero-order valence-electron chi connectivity index (χ0n) is 11.8. The second kappa shape index (κ2) is 7.56. The Morgan fingerprint density at radius 3 is 2.38 bits per heavy atom. The highest BCUT2D eigenvalue weighted by molar-refractivity contribution is 8.22. The summed E-state index contributed by atoms with van der Waals surface area (Å²) in [7, 11) is 0. The third kappa shape index (κ3) is 3.83. The predicted octanol–water partition coefficient (Wildman–Crippen LogP) is 3.12. The molecule has 0 N–H and O–H groups in total. The molecule has 21 heavy (non-hydrogen) atoms. The summed E-state index contributed by atoms with van der Waals surface area (Å²) in [6.45, 7) is 2.93. The lowest BCUT2D eigenvalue weighted by atomic mass is 10.1. The van der Waals surface area contributed by atoms with E-state index in [4.69, 9.17) is 17.0 Å². The molecule has 4 nitrogen and oxygen atoms in total. The van der Waals surface area contributed by atoms with Crippen LogP contribution in [0.5, 0.6) is 0 Å². The molecule has 1 aliphatic heterocycles. The molecule has 1 aliphatic rings. The normalized spacial score (nSPS) is 13.5. The van der Waals surface area contributed by atoms with E-state index in [-0.39, 0.29) is 11.8 Å². The van der Waals surface area contributed by atoms with Crippen molar-refractivity contribution in [3.05, 3.63) is 35.4 Å². The Morgan fingerprint density at radius 2 is 1.81 bits per heavy atom. The van der Waals surface area contributed by atoms with Crippen molar-refractivity contribution in [2.75, 3.05) is 18.9 Å². The summed E-state index contributed by atoms with van der Waals surface area (Å²) in [5.74, 6) is 0.461. The Bertz CT molecular complexity index is 525. The van der Waals surface area contributed by atoms with Crippen molar-refractivity contribution in [1.29, 1.82) is 0 Å². The number of hydrogen-bond donors (Lipinski definition) is 0. The monoisotopic (exact) mass is 323 g/mol. The number of amides is 2. The van der Waals surface area contributed by atoms with Gasteiger partial charge in [0.15, 0.2) is 0 Å². The number of carbonyl (C=O) groups excluding carboxylic acids is 2. The van der Waals surface area contributed by atoms with Gasteiger partial charge in [-0.1, -0.05) is 23.9 Å². The fraction of sp³-hybridized carbons (Fsp3) is 0.400. The standard InChI is InChI=1S/C15H17NO3S2/c1-2-19-15(20)21-10-6-5-9-16-13(17)11-7-3-4-8-12(11)14(16)18/h3-4,7-8H,2,5-6,9-10H2,1H3. The first kappa shape index (κ1) is 16.0. The molecule has 0 bridgehead atoms. The van der Waals surface area contributed by atoms with Gasteiger partial charge < -0.3 is 4.74 Å². The van der Waals surface area contributed by atoms with Crippen LogP contribution in [0.1, 0.15) is 40.5 Å². The number of hydrogen-bond acceptors (Lipinski definition) is 5. The van der Waals surface area contributed by atoms with Crippen LogP contribution in [-0.2, 0) is 4.74 Å². The fourth-order valence-corrected chi connectivity index (χ4v) is 3.21. The number of unbranched alkanes of at least 4 members (excludes halogenated alkanes) is 1. The van der Waals surface area contributed by atoms with Gasteiger partial charge in [-0.25, -0.2) is 0 Å². The molecule has 1 aromatic rings. The molecule has 1 aromatic carbocycles.